The number of carboxylic acids is 1. The molecular weight excluding hydrogens is 326 g/mol. The van der Waals surface area contributed by atoms with Gasteiger partial charge in [0.15, 0.2) is 11.5 Å². The van der Waals surface area contributed by atoms with Crippen molar-refractivity contribution in [3.63, 3.8) is 0 Å². The minimum Gasteiger partial charge on any atom is -0.495 e. The number of hydrogen-bond acceptors (Lipinski definition) is 6. The average molecular weight is 347 g/mol. The van der Waals surface area contributed by atoms with Crippen molar-refractivity contribution in [2.24, 2.45) is 0 Å². The lowest BCUT2D eigenvalue weighted by molar-refractivity contribution is 0.0697. The minimum absolute atomic E-state index is 0.174. The van der Waals surface area contributed by atoms with Crippen LogP contribution < -0.4 is 24.3 Å². The Balaban J connectivity index is 2.29. The molecule has 2 aromatic rings. The monoisotopic (exact) mass is 347 g/mol. The molecule has 2 rings (SSSR count). The van der Waals surface area contributed by atoms with Crippen LogP contribution in [0.1, 0.15) is 15.9 Å². The minimum atomic E-state index is -1.00. The van der Waals surface area contributed by atoms with Crippen molar-refractivity contribution in [1.29, 1.82) is 0 Å². The zero-order chi connectivity index (χ0) is 18.4. The summed E-state index contributed by atoms with van der Waals surface area (Å²) >= 11 is 0. The molecule has 25 heavy (non-hydrogen) atoms. The Morgan fingerprint density at radius 1 is 0.920 bits per heavy atom. The van der Waals surface area contributed by atoms with E-state index in [1.165, 1.54) is 19.2 Å². The summed E-state index contributed by atoms with van der Waals surface area (Å²) in [6.07, 6.45) is 0. The lowest BCUT2D eigenvalue weighted by Crippen LogP contribution is -2.05. The number of aromatic carboxylic acids is 1. The second-order valence-corrected chi connectivity index (χ2v) is 5.11. The van der Waals surface area contributed by atoms with Gasteiger partial charge >= 0.3 is 5.97 Å². The van der Waals surface area contributed by atoms with Crippen LogP contribution in [0.4, 0.5) is 5.69 Å². The van der Waals surface area contributed by atoms with E-state index in [0.29, 0.717) is 35.2 Å². The maximum absolute atomic E-state index is 11.1. The Labute approximate surface area is 146 Å². The molecule has 2 N–H and O–H groups in total. The Hall–Kier alpha value is -3.09. The SMILES string of the molecule is COc1ccc(C(=O)O)cc1NCc1cc(OC)c(OC)c(OC)c1. The molecule has 0 spiro atoms. The van der Waals surface area contributed by atoms with Gasteiger partial charge in [-0.1, -0.05) is 0 Å². The highest BCUT2D eigenvalue weighted by Gasteiger charge is 2.14. The third kappa shape index (κ3) is 4.06. The van der Waals surface area contributed by atoms with Crippen molar-refractivity contribution in [3.8, 4) is 23.0 Å². The molecule has 0 amide bonds. The number of carboxylic acid groups (broad SMARTS) is 1. The molecule has 0 atom stereocenters. The molecule has 134 valence electrons. The van der Waals surface area contributed by atoms with Gasteiger partial charge in [-0.2, -0.15) is 0 Å². The molecule has 7 nitrogen and oxygen atoms in total. The van der Waals surface area contributed by atoms with Gasteiger partial charge in [-0.05, 0) is 35.9 Å². The van der Waals surface area contributed by atoms with E-state index in [2.05, 4.69) is 5.32 Å². The summed E-state index contributed by atoms with van der Waals surface area (Å²) < 4.78 is 21.2. The van der Waals surface area contributed by atoms with Gasteiger partial charge in [-0.15, -0.1) is 0 Å². The standard InChI is InChI=1S/C18H21NO6/c1-22-14-6-5-12(18(20)21)9-13(14)19-10-11-7-15(23-2)17(25-4)16(8-11)24-3/h5-9,19H,10H2,1-4H3,(H,20,21). The molecular formula is C18H21NO6. The molecule has 0 unspecified atom stereocenters. The number of anilines is 1. The van der Waals surface area contributed by atoms with Crippen molar-refractivity contribution in [3.05, 3.63) is 41.5 Å². The summed E-state index contributed by atoms with van der Waals surface area (Å²) in [5.41, 5.74) is 1.63. The molecule has 0 bridgehead atoms. The van der Waals surface area contributed by atoms with Gasteiger partial charge in [0.05, 0.1) is 39.7 Å². The highest BCUT2D eigenvalue weighted by atomic mass is 16.5. The first-order chi connectivity index (χ1) is 12.0. The topological polar surface area (TPSA) is 86.3 Å². The van der Waals surface area contributed by atoms with Crippen LogP contribution in [-0.2, 0) is 6.54 Å². The van der Waals surface area contributed by atoms with E-state index in [9.17, 15) is 4.79 Å². The van der Waals surface area contributed by atoms with Crippen LogP contribution in [0.3, 0.4) is 0 Å². The average Bonchev–Trinajstić information content (AvgIpc) is 2.64. The molecule has 0 fully saturated rings. The summed E-state index contributed by atoms with van der Waals surface area (Å²) in [4.78, 5) is 11.1. The summed E-state index contributed by atoms with van der Waals surface area (Å²) in [7, 11) is 6.17. The summed E-state index contributed by atoms with van der Waals surface area (Å²) in [5, 5.41) is 12.3. The summed E-state index contributed by atoms with van der Waals surface area (Å²) in [5.74, 6) is 1.16. The maximum Gasteiger partial charge on any atom is 0.335 e. The highest BCUT2D eigenvalue weighted by molar-refractivity contribution is 5.89. The zero-order valence-corrected chi connectivity index (χ0v) is 14.6. The van der Waals surface area contributed by atoms with E-state index in [1.54, 1.807) is 27.4 Å². The molecule has 0 aliphatic carbocycles. The van der Waals surface area contributed by atoms with Gasteiger partial charge in [-0.3, -0.25) is 0 Å². The molecule has 2 aromatic carbocycles. The molecule has 0 aromatic heterocycles. The number of rotatable bonds is 8. The smallest absolute Gasteiger partial charge is 0.335 e. The second kappa shape index (κ2) is 8.14. The van der Waals surface area contributed by atoms with Gasteiger partial charge in [0, 0.05) is 6.54 Å². The molecule has 0 heterocycles. The molecule has 0 saturated carbocycles. The molecule has 0 saturated heterocycles. The van der Waals surface area contributed by atoms with Crippen LogP contribution in [0.2, 0.25) is 0 Å². The van der Waals surface area contributed by atoms with Crippen molar-refractivity contribution in [2.45, 2.75) is 6.54 Å². The van der Waals surface area contributed by atoms with E-state index in [1.807, 2.05) is 12.1 Å². The zero-order valence-electron chi connectivity index (χ0n) is 14.6. The fourth-order valence-corrected chi connectivity index (χ4v) is 2.41. The lowest BCUT2D eigenvalue weighted by Gasteiger charge is -2.16. The normalized spacial score (nSPS) is 10.1. The quantitative estimate of drug-likeness (QED) is 0.759. The molecule has 0 aliphatic heterocycles. The predicted octanol–water partition coefficient (Wildman–Crippen LogP) is 3.03. The molecule has 0 radical (unpaired) electrons. The first-order valence-electron chi connectivity index (χ1n) is 7.48. The van der Waals surface area contributed by atoms with Gasteiger partial charge in [-0.25, -0.2) is 4.79 Å². The third-order valence-electron chi connectivity index (χ3n) is 3.65. The number of nitrogens with one attached hydrogen (secondary N) is 1. The summed E-state index contributed by atoms with van der Waals surface area (Å²) in [6.45, 7) is 0.413. The number of benzene rings is 2. The number of carbonyl (C=O) groups is 1. The van der Waals surface area contributed by atoms with E-state index in [0.717, 1.165) is 5.56 Å². The van der Waals surface area contributed by atoms with Crippen molar-refractivity contribution in [1.82, 2.24) is 0 Å². The summed E-state index contributed by atoms with van der Waals surface area (Å²) in [6, 6.07) is 8.27. The Bertz CT molecular complexity index is 734. The van der Waals surface area contributed by atoms with Crippen LogP contribution in [0.5, 0.6) is 23.0 Å². The van der Waals surface area contributed by atoms with Gasteiger partial charge in [0.2, 0.25) is 5.75 Å². The third-order valence-corrected chi connectivity index (χ3v) is 3.65. The van der Waals surface area contributed by atoms with Crippen molar-refractivity contribution < 1.29 is 28.8 Å². The predicted molar refractivity (Wildman–Crippen MR) is 93.4 cm³/mol. The Kier molecular flexibility index (Phi) is 5.94. The lowest BCUT2D eigenvalue weighted by atomic mass is 10.1. The van der Waals surface area contributed by atoms with E-state index < -0.39 is 5.97 Å². The van der Waals surface area contributed by atoms with Gasteiger partial charge < -0.3 is 29.4 Å². The largest absolute Gasteiger partial charge is 0.495 e. The van der Waals surface area contributed by atoms with Crippen LogP contribution in [0.25, 0.3) is 0 Å². The first kappa shape index (κ1) is 18.3. The van der Waals surface area contributed by atoms with Crippen molar-refractivity contribution in [2.75, 3.05) is 33.8 Å². The number of hydrogen-bond donors (Lipinski definition) is 2. The fraction of sp³-hybridized carbons (Fsp3) is 0.278. The Morgan fingerprint density at radius 3 is 2.00 bits per heavy atom. The maximum atomic E-state index is 11.1. The van der Waals surface area contributed by atoms with Crippen LogP contribution in [0.15, 0.2) is 30.3 Å². The number of ether oxygens (including phenoxy) is 4. The second-order valence-electron chi connectivity index (χ2n) is 5.11. The van der Waals surface area contributed by atoms with E-state index in [-0.39, 0.29) is 5.56 Å². The fourth-order valence-electron chi connectivity index (χ4n) is 2.41. The highest BCUT2D eigenvalue weighted by Crippen LogP contribution is 2.38. The Morgan fingerprint density at radius 2 is 1.52 bits per heavy atom. The van der Waals surface area contributed by atoms with E-state index >= 15 is 0 Å². The molecule has 0 aliphatic rings. The van der Waals surface area contributed by atoms with Crippen LogP contribution in [0, 0.1) is 0 Å². The number of methoxy groups -OCH3 is 4. The van der Waals surface area contributed by atoms with E-state index in [4.69, 9.17) is 24.1 Å². The van der Waals surface area contributed by atoms with Crippen LogP contribution in [-0.4, -0.2) is 39.5 Å². The van der Waals surface area contributed by atoms with Gasteiger partial charge in [0.1, 0.15) is 5.75 Å². The van der Waals surface area contributed by atoms with Gasteiger partial charge in [0.25, 0.3) is 0 Å². The molecule has 7 heteroatoms. The van der Waals surface area contributed by atoms with Crippen molar-refractivity contribution >= 4 is 11.7 Å². The first-order valence-corrected chi connectivity index (χ1v) is 7.48. The van der Waals surface area contributed by atoms with Crippen LogP contribution >= 0.6 is 0 Å².